The van der Waals surface area contributed by atoms with Crippen molar-refractivity contribution in [1.82, 2.24) is 0 Å². The molecule has 0 aliphatic carbocycles. The molecule has 0 unspecified atom stereocenters. The minimum Gasteiger partial charge on any atom is -0.496 e. The highest BCUT2D eigenvalue weighted by Crippen LogP contribution is 2.39. The number of aryl methyl sites for hydroxylation is 1. The maximum atomic E-state index is 10.7. The second-order valence-electron chi connectivity index (χ2n) is 4.52. The molecule has 0 amide bonds. The summed E-state index contributed by atoms with van der Waals surface area (Å²) in [5.74, 6) is -0.188. The van der Waals surface area contributed by atoms with E-state index in [0.29, 0.717) is 13.2 Å². The lowest BCUT2D eigenvalue weighted by Crippen LogP contribution is -2.45. The van der Waals surface area contributed by atoms with Gasteiger partial charge in [-0.1, -0.05) is 23.8 Å². The van der Waals surface area contributed by atoms with Crippen LogP contribution >= 0.6 is 0 Å². The zero-order valence-corrected chi connectivity index (χ0v) is 10.5. The molecule has 1 aromatic carbocycles. The van der Waals surface area contributed by atoms with Crippen molar-refractivity contribution in [2.24, 2.45) is 0 Å². The van der Waals surface area contributed by atoms with E-state index in [1.807, 2.05) is 25.1 Å². The van der Waals surface area contributed by atoms with Gasteiger partial charge in [0.15, 0.2) is 0 Å². The maximum Gasteiger partial charge on any atom is 0.328 e. The third-order valence-electron chi connectivity index (χ3n) is 3.16. The summed E-state index contributed by atoms with van der Waals surface area (Å²) in [7, 11) is 1.61. The molecule has 1 N–H and O–H groups in total. The van der Waals surface area contributed by atoms with Crippen LogP contribution in [0.1, 0.15) is 11.1 Å². The highest BCUT2D eigenvalue weighted by atomic mass is 16.5. The molecular weight excluding hydrogens is 232 g/mol. The zero-order valence-electron chi connectivity index (χ0n) is 10.5. The van der Waals surface area contributed by atoms with Crippen molar-refractivity contribution in [1.29, 1.82) is 0 Å². The van der Waals surface area contributed by atoms with Gasteiger partial charge in [0.05, 0.1) is 25.7 Å². The summed E-state index contributed by atoms with van der Waals surface area (Å²) < 4.78 is 10.6. The molecule has 0 atom stereocenters. The van der Waals surface area contributed by atoms with Gasteiger partial charge in [-0.25, -0.2) is 4.79 Å². The Hall–Kier alpha value is -1.81. The van der Waals surface area contributed by atoms with Crippen molar-refractivity contribution in [3.05, 3.63) is 41.5 Å². The molecule has 4 heteroatoms. The summed E-state index contributed by atoms with van der Waals surface area (Å²) in [5, 5.41) is 8.77. The minimum atomic E-state index is -0.951. The molecule has 1 aliphatic heterocycles. The highest BCUT2D eigenvalue weighted by molar-refractivity contribution is 5.80. The lowest BCUT2D eigenvalue weighted by molar-refractivity contribution is -0.131. The molecule has 0 bridgehead atoms. The van der Waals surface area contributed by atoms with E-state index in [-0.39, 0.29) is 5.41 Å². The van der Waals surface area contributed by atoms with Crippen molar-refractivity contribution in [3.63, 3.8) is 0 Å². The molecule has 1 fully saturated rings. The van der Waals surface area contributed by atoms with Gasteiger partial charge >= 0.3 is 5.97 Å². The zero-order chi connectivity index (χ0) is 13.2. The molecule has 1 aliphatic rings. The quantitative estimate of drug-likeness (QED) is 0.827. The van der Waals surface area contributed by atoms with Gasteiger partial charge in [-0.3, -0.25) is 0 Å². The summed E-state index contributed by atoms with van der Waals surface area (Å²) in [6, 6.07) is 5.89. The van der Waals surface area contributed by atoms with E-state index in [2.05, 4.69) is 0 Å². The number of methoxy groups -OCH3 is 1. The van der Waals surface area contributed by atoms with Gasteiger partial charge in [0.2, 0.25) is 0 Å². The number of hydrogen-bond donors (Lipinski definition) is 1. The van der Waals surface area contributed by atoms with Crippen LogP contribution in [0.25, 0.3) is 0 Å². The van der Waals surface area contributed by atoms with Crippen LogP contribution in [0.3, 0.4) is 0 Å². The fourth-order valence-corrected chi connectivity index (χ4v) is 2.11. The summed E-state index contributed by atoms with van der Waals surface area (Å²) in [4.78, 5) is 10.7. The molecule has 18 heavy (non-hydrogen) atoms. The lowest BCUT2D eigenvalue weighted by Gasteiger charge is -2.40. The number of carboxylic acids is 1. The Bertz CT molecular complexity index is 487. The van der Waals surface area contributed by atoms with E-state index in [0.717, 1.165) is 16.9 Å². The number of ether oxygens (including phenoxy) is 2. The number of aliphatic carboxylic acids is 1. The Labute approximate surface area is 106 Å². The first-order valence-electron chi connectivity index (χ1n) is 5.72. The predicted molar refractivity (Wildman–Crippen MR) is 67.0 cm³/mol. The monoisotopic (exact) mass is 248 g/mol. The Morgan fingerprint density at radius 1 is 1.50 bits per heavy atom. The van der Waals surface area contributed by atoms with Crippen LogP contribution in [0.4, 0.5) is 0 Å². The van der Waals surface area contributed by atoms with Gasteiger partial charge in [0.1, 0.15) is 5.75 Å². The average Bonchev–Trinajstić information content (AvgIpc) is 2.27. The van der Waals surface area contributed by atoms with Crippen LogP contribution in [0.5, 0.6) is 5.75 Å². The summed E-state index contributed by atoms with van der Waals surface area (Å²) in [6.45, 7) is 2.96. The normalized spacial score (nSPS) is 17.4. The van der Waals surface area contributed by atoms with Gasteiger partial charge in [0, 0.05) is 11.6 Å². The molecule has 0 aromatic heterocycles. The Kier molecular flexibility index (Phi) is 3.39. The summed E-state index contributed by atoms with van der Waals surface area (Å²) >= 11 is 0. The van der Waals surface area contributed by atoms with Crippen LogP contribution in [0, 0.1) is 6.92 Å². The number of rotatable bonds is 4. The third kappa shape index (κ3) is 2.24. The molecule has 0 spiro atoms. The molecule has 1 heterocycles. The number of benzene rings is 1. The van der Waals surface area contributed by atoms with Crippen LogP contribution in [-0.2, 0) is 14.9 Å². The van der Waals surface area contributed by atoms with E-state index in [1.54, 1.807) is 13.2 Å². The van der Waals surface area contributed by atoms with Crippen LogP contribution in [-0.4, -0.2) is 31.4 Å². The van der Waals surface area contributed by atoms with Crippen molar-refractivity contribution >= 4 is 5.97 Å². The summed E-state index contributed by atoms with van der Waals surface area (Å²) in [6.07, 6.45) is 2.86. The Morgan fingerprint density at radius 3 is 2.72 bits per heavy atom. The highest BCUT2D eigenvalue weighted by Gasteiger charge is 2.40. The Balaban J connectivity index is 2.44. The molecule has 1 saturated heterocycles. The second-order valence-corrected chi connectivity index (χ2v) is 4.52. The minimum absolute atomic E-state index is 0.379. The first-order valence-corrected chi connectivity index (χ1v) is 5.72. The number of carboxylic acid groups (broad SMARTS) is 1. The fraction of sp³-hybridized carbons (Fsp3) is 0.357. The predicted octanol–water partition coefficient (Wildman–Crippen LogP) is 1.91. The fourth-order valence-electron chi connectivity index (χ4n) is 2.11. The second kappa shape index (κ2) is 4.82. The van der Waals surface area contributed by atoms with Gasteiger partial charge < -0.3 is 14.6 Å². The number of hydrogen-bond acceptors (Lipinski definition) is 3. The number of carbonyl (C=O) groups is 1. The molecular formula is C14H16O4. The first kappa shape index (κ1) is 12.6. The van der Waals surface area contributed by atoms with Crippen LogP contribution < -0.4 is 4.74 Å². The van der Waals surface area contributed by atoms with Crippen molar-refractivity contribution in [2.45, 2.75) is 12.3 Å². The van der Waals surface area contributed by atoms with Crippen molar-refractivity contribution < 1.29 is 19.4 Å². The van der Waals surface area contributed by atoms with Gasteiger partial charge in [0.25, 0.3) is 0 Å². The molecule has 4 nitrogen and oxygen atoms in total. The van der Waals surface area contributed by atoms with Gasteiger partial charge in [-0.2, -0.15) is 0 Å². The van der Waals surface area contributed by atoms with Gasteiger partial charge in [-0.15, -0.1) is 0 Å². The average molecular weight is 248 g/mol. The summed E-state index contributed by atoms with van der Waals surface area (Å²) in [5.41, 5.74) is 1.71. The van der Waals surface area contributed by atoms with Crippen LogP contribution in [0.2, 0.25) is 0 Å². The largest absolute Gasteiger partial charge is 0.496 e. The smallest absolute Gasteiger partial charge is 0.328 e. The first-order chi connectivity index (χ1) is 8.57. The van der Waals surface area contributed by atoms with E-state index in [4.69, 9.17) is 14.6 Å². The van der Waals surface area contributed by atoms with E-state index in [9.17, 15) is 4.79 Å². The van der Waals surface area contributed by atoms with E-state index in [1.165, 1.54) is 6.08 Å². The topological polar surface area (TPSA) is 55.8 Å². The van der Waals surface area contributed by atoms with Crippen molar-refractivity contribution in [2.75, 3.05) is 20.3 Å². The molecule has 96 valence electrons. The van der Waals surface area contributed by atoms with E-state index >= 15 is 0 Å². The lowest BCUT2D eigenvalue weighted by atomic mass is 9.77. The Morgan fingerprint density at radius 2 is 2.22 bits per heavy atom. The SMILES string of the molecule is COc1ccc(C)cc1C1(/C=C/C(=O)O)COC1. The van der Waals surface area contributed by atoms with Gasteiger partial charge in [-0.05, 0) is 13.0 Å². The maximum absolute atomic E-state index is 10.7. The molecule has 0 radical (unpaired) electrons. The van der Waals surface area contributed by atoms with Crippen molar-refractivity contribution in [3.8, 4) is 5.75 Å². The molecule has 0 saturated carbocycles. The molecule has 1 aromatic rings. The molecule has 2 rings (SSSR count). The standard InChI is InChI=1S/C14H16O4/c1-10-3-4-12(17-2)11(7-10)14(8-18-9-14)6-5-13(15)16/h3-7H,8-9H2,1-2H3,(H,15,16)/b6-5+. The van der Waals surface area contributed by atoms with Crippen LogP contribution in [0.15, 0.2) is 30.4 Å². The van der Waals surface area contributed by atoms with E-state index < -0.39 is 5.97 Å². The third-order valence-corrected chi connectivity index (χ3v) is 3.16.